The maximum Gasteiger partial charge on any atom is 0.0674 e. The van der Waals surface area contributed by atoms with E-state index in [4.69, 9.17) is 27.9 Å². The Labute approximate surface area is 106 Å². The second kappa shape index (κ2) is 5.37. The molecule has 1 saturated heterocycles. The van der Waals surface area contributed by atoms with Crippen molar-refractivity contribution in [2.45, 2.75) is 19.6 Å². The maximum atomic E-state index is 6.14. The fraction of sp³-hybridized carbons (Fsp3) is 0.500. The summed E-state index contributed by atoms with van der Waals surface area (Å²) in [5.74, 6) is 0. The molecule has 88 valence electrons. The zero-order valence-corrected chi connectivity index (χ0v) is 10.8. The molecule has 0 N–H and O–H groups in total. The molecule has 1 aliphatic rings. The molecule has 0 bridgehead atoms. The minimum Gasteiger partial charge on any atom is -0.376 e. The van der Waals surface area contributed by atoms with Gasteiger partial charge in [-0.3, -0.25) is 4.90 Å². The molecule has 1 aromatic rings. The Kier molecular flexibility index (Phi) is 4.09. The van der Waals surface area contributed by atoms with E-state index in [2.05, 4.69) is 11.8 Å². The number of rotatable bonds is 2. The van der Waals surface area contributed by atoms with Gasteiger partial charge in [-0.1, -0.05) is 29.3 Å². The first kappa shape index (κ1) is 12.2. The van der Waals surface area contributed by atoms with Crippen LogP contribution in [0.15, 0.2) is 18.2 Å². The molecule has 0 aliphatic carbocycles. The predicted octanol–water partition coefficient (Wildman–Crippen LogP) is 3.21. The van der Waals surface area contributed by atoms with Crippen molar-refractivity contribution in [1.82, 2.24) is 4.90 Å². The van der Waals surface area contributed by atoms with E-state index in [1.54, 1.807) is 0 Å². The third-order valence-electron chi connectivity index (χ3n) is 2.77. The molecule has 4 heteroatoms. The van der Waals surface area contributed by atoms with Crippen LogP contribution in [0, 0.1) is 0 Å². The van der Waals surface area contributed by atoms with E-state index in [1.165, 1.54) is 0 Å². The molecule has 0 amide bonds. The number of nitrogens with zero attached hydrogens (tertiary/aromatic N) is 1. The molecule has 2 nitrogen and oxygen atoms in total. The lowest BCUT2D eigenvalue weighted by Crippen LogP contribution is -2.40. The highest BCUT2D eigenvalue weighted by Crippen LogP contribution is 2.26. The summed E-state index contributed by atoms with van der Waals surface area (Å²) in [6, 6.07) is 5.63. The zero-order chi connectivity index (χ0) is 11.5. The zero-order valence-electron chi connectivity index (χ0n) is 9.25. The molecule has 0 saturated carbocycles. The van der Waals surface area contributed by atoms with Crippen LogP contribution in [0.1, 0.15) is 12.5 Å². The maximum absolute atomic E-state index is 6.14. The Morgan fingerprint density at radius 1 is 1.38 bits per heavy atom. The van der Waals surface area contributed by atoms with Gasteiger partial charge in [0.25, 0.3) is 0 Å². The van der Waals surface area contributed by atoms with Crippen molar-refractivity contribution in [3.05, 3.63) is 33.8 Å². The van der Waals surface area contributed by atoms with E-state index >= 15 is 0 Å². The van der Waals surface area contributed by atoms with Gasteiger partial charge in [0.2, 0.25) is 0 Å². The first-order chi connectivity index (χ1) is 7.66. The lowest BCUT2D eigenvalue weighted by atomic mass is 10.2. The third kappa shape index (κ3) is 2.89. The number of halogens is 2. The molecule has 2 rings (SSSR count). The molecule has 0 spiro atoms. The quantitative estimate of drug-likeness (QED) is 0.809. The van der Waals surface area contributed by atoms with Crippen molar-refractivity contribution >= 4 is 23.2 Å². The molecular weight excluding hydrogens is 245 g/mol. The van der Waals surface area contributed by atoms with Crippen LogP contribution in [0.25, 0.3) is 0 Å². The Hall–Kier alpha value is -0.280. The van der Waals surface area contributed by atoms with Crippen LogP contribution in [-0.2, 0) is 11.3 Å². The molecule has 1 unspecified atom stereocenters. The topological polar surface area (TPSA) is 12.5 Å². The molecule has 1 atom stereocenters. The lowest BCUT2D eigenvalue weighted by Gasteiger charge is -2.31. The molecule has 1 aromatic carbocycles. The highest BCUT2D eigenvalue weighted by Gasteiger charge is 2.18. The van der Waals surface area contributed by atoms with E-state index in [9.17, 15) is 0 Å². The predicted molar refractivity (Wildman–Crippen MR) is 67.2 cm³/mol. The van der Waals surface area contributed by atoms with Gasteiger partial charge in [-0.2, -0.15) is 0 Å². The minimum absolute atomic E-state index is 0.287. The fourth-order valence-corrected chi connectivity index (χ4v) is 2.46. The van der Waals surface area contributed by atoms with Crippen molar-refractivity contribution in [3.8, 4) is 0 Å². The van der Waals surface area contributed by atoms with E-state index in [1.807, 2.05) is 18.2 Å². The van der Waals surface area contributed by atoms with Gasteiger partial charge in [0.05, 0.1) is 12.7 Å². The Morgan fingerprint density at radius 2 is 2.06 bits per heavy atom. The SMILES string of the molecule is CC1CN(Cc2c(Cl)cccc2Cl)CCO1. The minimum atomic E-state index is 0.287. The van der Waals surface area contributed by atoms with Gasteiger partial charge in [-0.05, 0) is 19.1 Å². The second-order valence-electron chi connectivity index (χ2n) is 4.12. The van der Waals surface area contributed by atoms with Crippen molar-refractivity contribution < 1.29 is 4.74 Å². The van der Waals surface area contributed by atoms with Gasteiger partial charge in [0.15, 0.2) is 0 Å². The van der Waals surface area contributed by atoms with Gasteiger partial charge >= 0.3 is 0 Å². The average molecular weight is 260 g/mol. The summed E-state index contributed by atoms with van der Waals surface area (Å²) in [6.45, 7) is 5.53. The van der Waals surface area contributed by atoms with Gasteiger partial charge < -0.3 is 4.74 Å². The van der Waals surface area contributed by atoms with Crippen LogP contribution in [-0.4, -0.2) is 30.7 Å². The average Bonchev–Trinajstić information content (AvgIpc) is 2.24. The number of hydrogen-bond acceptors (Lipinski definition) is 2. The number of benzene rings is 1. The Bertz CT molecular complexity index is 350. The summed E-state index contributed by atoms with van der Waals surface area (Å²) in [6.07, 6.45) is 0.287. The summed E-state index contributed by atoms with van der Waals surface area (Å²) in [5.41, 5.74) is 1.01. The summed E-state index contributed by atoms with van der Waals surface area (Å²) in [7, 11) is 0. The number of morpholine rings is 1. The summed E-state index contributed by atoms with van der Waals surface area (Å²) >= 11 is 12.3. The number of ether oxygens (including phenoxy) is 1. The third-order valence-corrected chi connectivity index (χ3v) is 3.48. The van der Waals surface area contributed by atoms with Gasteiger partial charge in [-0.25, -0.2) is 0 Å². The van der Waals surface area contributed by atoms with Crippen molar-refractivity contribution in [2.24, 2.45) is 0 Å². The van der Waals surface area contributed by atoms with E-state index in [-0.39, 0.29) is 6.10 Å². The highest BCUT2D eigenvalue weighted by atomic mass is 35.5. The smallest absolute Gasteiger partial charge is 0.0674 e. The van der Waals surface area contributed by atoms with Crippen LogP contribution < -0.4 is 0 Å². The first-order valence-electron chi connectivity index (χ1n) is 5.43. The van der Waals surface area contributed by atoms with Crippen LogP contribution in [0.5, 0.6) is 0 Å². The van der Waals surface area contributed by atoms with Crippen LogP contribution in [0.4, 0.5) is 0 Å². The van der Waals surface area contributed by atoms with Crippen molar-refractivity contribution in [3.63, 3.8) is 0 Å². The summed E-state index contributed by atoms with van der Waals surface area (Å²) in [5, 5.41) is 1.48. The molecule has 1 heterocycles. The van der Waals surface area contributed by atoms with Gasteiger partial charge in [-0.15, -0.1) is 0 Å². The van der Waals surface area contributed by atoms with E-state index in [0.29, 0.717) is 0 Å². The molecule has 0 aromatic heterocycles. The summed E-state index contributed by atoms with van der Waals surface area (Å²) in [4.78, 5) is 2.32. The monoisotopic (exact) mass is 259 g/mol. The molecule has 16 heavy (non-hydrogen) atoms. The molecule has 1 aliphatic heterocycles. The van der Waals surface area contributed by atoms with E-state index in [0.717, 1.165) is 41.8 Å². The van der Waals surface area contributed by atoms with Crippen LogP contribution in [0.3, 0.4) is 0 Å². The fourth-order valence-electron chi connectivity index (χ4n) is 1.94. The summed E-state index contributed by atoms with van der Waals surface area (Å²) < 4.78 is 5.50. The Balaban J connectivity index is 2.08. The van der Waals surface area contributed by atoms with Crippen LogP contribution in [0.2, 0.25) is 10.0 Å². The standard InChI is InChI=1S/C12H15Cl2NO/c1-9-7-15(5-6-16-9)8-10-11(13)3-2-4-12(10)14/h2-4,9H,5-8H2,1H3. The van der Waals surface area contributed by atoms with E-state index < -0.39 is 0 Å². The normalized spacial score (nSPS) is 22.3. The van der Waals surface area contributed by atoms with Crippen LogP contribution >= 0.6 is 23.2 Å². The second-order valence-corrected chi connectivity index (χ2v) is 4.93. The van der Waals surface area contributed by atoms with Crippen molar-refractivity contribution in [2.75, 3.05) is 19.7 Å². The van der Waals surface area contributed by atoms with Gasteiger partial charge in [0, 0.05) is 35.2 Å². The molecule has 0 radical (unpaired) electrons. The van der Waals surface area contributed by atoms with Gasteiger partial charge in [0.1, 0.15) is 0 Å². The number of hydrogen-bond donors (Lipinski definition) is 0. The molecule has 1 fully saturated rings. The lowest BCUT2D eigenvalue weighted by molar-refractivity contribution is -0.0211. The molecular formula is C12H15Cl2NO. The Morgan fingerprint density at radius 3 is 2.69 bits per heavy atom. The van der Waals surface area contributed by atoms with Crippen molar-refractivity contribution in [1.29, 1.82) is 0 Å². The largest absolute Gasteiger partial charge is 0.376 e. The highest BCUT2D eigenvalue weighted by molar-refractivity contribution is 6.35. The first-order valence-corrected chi connectivity index (χ1v) is 6.19.